The summed E-state index contributed by atoms with van der Waals surface area (Å²) in [5.74, 6) is -1.96. The number of aromatic nitrogens is 1. The van der Waals surface area contributed by atoms with E-state index in [1.807, 2.05) is 0 Å². The molecule has 1 heterocycles. The molecule has 0 aliphatic rings. The molecule has 0 aliphatic carbocycles. The van der Waals surface area contributed by atoms with Gasteiger partial charge in [-0.25, -0.2) is 9.78 Å². The van der Waals surface area contributed by atoms with E-state index in [9.17, 15) is 27.9 Å². The van der Waals surface area contributed by atoms with Crippen LogP contribution >= 0.6 is 11.3 Å². The van der Waals surface area contributed by atoms with E-state index in [2.05, 4.69) is 10.3 Å². The smallest absolute Gasteiger partial charge is 0.389 e. The summed E-state index contributed by atoms with van der Waals surface area (Å²) in [4.78, 5) is 27.8. The Morgan fingerprint density at radius 2 is 1.88 bits per heavy atom. The van der Waals surface area contributed by atoms with Gasteiger partial charge in [-0.15, -0.1) is 11.3 Å². The molecule has 0 bridgehead atoms. The number of carbonyl (C=O) groups is 2. The van der Waals surface area contributed by atoms with Crippen LogP contribution < -0.4 is 5.32 Å². The third-order valence-corrected chi connectivity index (χ3v) is 4.60. The van der Waals surface area contributed by atoms with Gasteiger partial charge in [-0.05, 0) is 12.5 Å². The highest BCUT2D eigenvalue weighted by Gasteiger charge is 2.37. The first-order valence-electron chi connectivity index (χ1n) is 7.25. The summed E-state index contributed by atoms with van der Waals surface area (Å²) in [5.41, 5.74) is -1.30. The summed E-state index contributed by atoms with van der Waals surface area (Å²) in [6, 6.07) is 8.13. The number of amides is 1. The Bertz CT molecular complexity index is 761. The highest BCUT2D eigenvalue weighted by molar-refractivity contribution is 7.13. The topological polar surface area (TPSA) is 79.3 Å². The molecule has 1 amide bonds. The second-order valence-electron chi connectivity index (χ2n) is 5.48. The predicted molar refractivity (Wildman–Crippen MR) is 85.4 cm³/mol. The van der Waals surface area contributed by atoms with Crippen LogP contribution in [-0.4, -0.2) is 28.1 Å². The predicted octanol–water partition coefficient (Wildman–Crippen LogP) is 3.37. The van der Waals surface area contributed by atoms with Gasteiger partial charge >= 0.3 is 12.1 Å². The first-order chi connectivity index (χ1) is 11.6. The van der Waals surface area contributed by atoms with E-state index in [1.54, 1.807) is 30.3 Å². The van der Waals surface area contributed by atoms with Crippen LogP contribution in [0.3, 0.4) is 0 Å². The van der Waals surface area contributed by atoms with Gasteiger partial charge in [0.15, 0.2) is 5.54 Å². The Balaban J connectivity index is 2.15. The lowest BCUT2D eigenvalue weighted by atomic mass is 9.92. The van der Waals surface area contributed by atoms with Crippen molar-refractivity contribution in [3.05, 3.63) is 52.0 Å². The standard InChI is InChI=1S/C16H15F3N2O3S/c1-15(14(23)24,10-5-3-2-4-6-10)21-13(22)11-9-20-12(25-11)7-8-16(17,18)19/h2-6,9H,7-8H2,1H3,(H,21,22)(H,23,24). The second-order valence-corrected chi connectivity index (χ2v) is 6.60. The molecule has 0 radical (unpaired) electrons. The lowest BCUT2D eigenvalue weighted by molar-refractivity contribution is -0.144. The zero-order valence-corrected chi connectivity index (χ0v) is 13.9. The number of nitrogens with zero attached hydrogens (tertiary/aromatic N) is 1. The van der Waals surface area contributed by atoms with Crippen molar-refractivity contribution in [1.82, 2.24) is 10.3 Å². The van der Waals surface area contributed by atoms with Crippen LogP contribution in [-0.2, 0) is 16.8 Å². The van der Waals surface area contributed by atoms with Gasteiger partial charge in [-0.1, -0.05) is 30.3 Å². The second kappa shape index (κ2) is 7.22. The monoisotopic (exact) mass is 372 g/mol. The summed E-state index contributed by atoms with van der Waals surface area (Å²) < 4.78 is 36.7. The van der Waals surface area contributed by atoms with Crippen molar-refractivity contribution in [1.29, 1.82) is 0 Å². The number of carboxylic acids is 1. The highest BCUT2D eigenvalue weighted by Crippen LogP contribution is 2.25. The van der Waals surface area contributed by atoms with E-state index in [-0.39, 0.29) is 16.3 Å². The van der Waals surface area contributed by atoms with Crippen molar-refractivity contribution < 1.29 is 27.9 Å². The molecule has 25 heavy (non-hydrogen) atoms. The normalized spacial score (nSPS) is 13.9. The minimum Gasteiger partial charge on any atom is -0.479 e. The molecule has 1 atom stereocenters. The number of rotatable bonds is 6. The van der Waals surface area contributed by atoms with E-state index < -0.39 is 30.0 Å². The lowest BCUT2D eigenvalue weighted by Gasteiger charge is -2.26. The molecule has 1 aromatic heterocycles. The van der Waals surface area contributed by atoms with Crippen molar-refractivity contribution in [2.75, 3.05) is 0 Å². The maximum Gasteiger partial charge on any atom is 0.389 e. The Hall–Kier alpha value is -2.42. The number of alkyl halides is 3. The number of nitrogens with one attached hydrogen (secondary N) is 1. The van der Waals surface area contributed by atoms with Crippen molar-refractivity contribution >= 4 is 23.2 Å². The Labute approximate surface area is 145 Å². The van der Waals surface area contributed by atoms with Crippen LogP contribution in [0.4, 0.5) is 13.2 Å². The number of hydrogen-bond acceptors (Lipinski definition) is 4. The maximum absolute atomic E-state index is 12.3. The van der Waals surface area contributed by atoms with Gasteiger partial charge in [0.05, 0.1) is 11.2 Å². The average molecular weight is 372 g/mol. The first kappa shape index (κ1) is 18.9. The van der Waals surface area contributed by atoms with E-state index in [0.717, 1.165) is 17.5 Å². The van der Waals surface area contributed by atoms with Crippen LogP contribution in [0, 0.1) is 0 Å². The molecular weight excluding hydrogens is 357 g/mol. The van der Waals surface area contributed by atoms with Crippen LogP contribution in [0.1, 0.15) is 33.6 Å². The van der Waals surface area contributed by atoms with E-state index in [0.29, 0.717) is 5.56 Å². The average Bonchev–Trinajstić information content (AvgIpc) is 3.02. The molecule has 0 saturated heterocycles. The molecule has 5 nitrogen and oxygen atoms in total. The van der Waals surface area contributed by atoms with Crippen molar-refractivity contribution in [2.45, 2.75) is 31.5 Å². The van der Waals surface area contributed by atoms with E-state index in [1.165, 1.54) is 6.92 Å². The lowest BCUT2D eigenvalue weighted by Crippen LogP contribution is -2.49. The number of carbonyl (C=O) groups excluding carboxylic acids is 1. The van der Waals surface area contributed by atoms with Gasteiger partial charge in [0.1, 0.15) is 4.88 Å². The summed E-state index contributed by atoms with van der Waals surface area (Å²) in [6.07, 6.45) is -4.50. The summed E-state index contributed by atoms with van der Waals surface area (Å²) in [6.45, 7) is 1.34. The number of hydrogen-bond donors (Lipinski definition) is 2. The number of benzene rings is 1. The number of aliphatic carboxylic acids is 1. The third kappa shape index (κ3) is 4.79. The third-order valence-electron chi connectivity index (χ3n) is 3.54. The molecular formula is C16H15F3N2O3S. The number of carboxylic acid groups (broad SMARTS) is 1. The Morgan fingerprint density at radius 3 is 2.44 bits per heavy atom. The first-order valence-corrected chi connectivity index (χ1v) is 8.06. The maximum atomic E-state index is 12.3. The Kier molecular flexibility index (Phi) is 5.46. The number of halogens is 3. The van der Waals surface area contributed by atoms with Gasteiger partial charge in [0.2, 0.25) is 0 Å². The van der Waals surface area contributed by atoms with Crippen LogP contribution in [0.5, 0.6) is 0 Å². The molecule has 2 N–H and O–H groups in total. The minimum absolute atomic E-state index is 0.0561. The number of aryl methyl sites for hydroxylation is 1. The SMILES string of the molecule is CC(NC(=O)c1cnc(CCC(F)(F)F)s1)(C(=O)O)c1ccccc1. The van der Waals surface area contributed by atoms with Gasteiger partial charge in [0.25, 0.3) is 5.91 Å². The van der Waals surface area contributed by atoms with Crippen molar-refractivity contribution in [2.24, 2.45) is 0 Å². The summed E-state index contributed by atoms with van der Waals surface area (Å²) in [7, 11) is 0. The molecule has 0 saturated carbocycles. The van der Waals surface area contributed by atoms with Gasteiger partial charge < -0.3 is 10.4 Å². The fourth-order valence-electron chi connectivity index (χ4n) is 2.09. The molecule has 2 rings (SSSR count). The zero-order valence-electron chi connectivity index (χ0n) is 13.1. The van der Waals surface area contributed by atoms with Gasteiger partial charge in [0, 0.05) is 12.8 Å². The van der Waals surface area contributed by atoms with Gasteiger partial charge in [-0.2, -0.15) is 13.2 Å². The molecule has 0 aliphatic heterocycles. The van der Waals surface area contributed by atoms with Crippen LogP contribution in [0.2, 0.25) is 0 Å². The molecule has 0 spiro atoms. The van der Waals surface area contributed by atoms with E-state index in [4.69, 9.17) is 0 Å². The van der Waals surface area contributed by atoms with Gasteiger partial charge in [-0.3, -0.25) is 4.79 Å². The Morgan fingerprint density at radius 1 is 1.24 bits per heavy atom. The largest absolute Gasteiger partial charge is 0.479 e. The molecule has 2 aromatic rings. The fourth-order valence-corrected chi connectivity index (χ4v) is 2.90. The van der Waals surface area contributed by atoms with Crippen molar-refractivity contribution in [3.63, 3.8) is 0 Å². The molecule has 9 heteroatoms. The molecule has 0 fully saturated rings. The minimum atomic E-state index is -4.30. The number of thiazole rings is 1. The fraction of sp³-hybridized carbons (Fsp3) is 0.312. The molecule has 1 aromatic carbocycles. The quantitative estimate of drug-likeness (QED) is 0.815. The summed E-state index contributed by atoms with van der Waals surface area (Å²) >= 11 is 0.813. The molecule has 1 unspecified atom stereocenters. The highest BCUT2D eigenvalue weighted by atomic mass is 32.1. The summed E-state index contributed by atoms with van der Waals surface area (Å²) in [5, 5.41) is 12.1. The van der Waals surface area contributed by atoms with Crippen molar-refractivity contribution in [3.8, 4) is 0 Å². The van der Waals surface area contributed by atoms with E-state index >= 15 is 0 Å². The zero-order chi connectivity index (χ0) is 18.7. The van der Waals surface area contributed by atoms with Crippen LogP contribution in [0.15, 0.2) is 36.5 Å². The van der Waals surface area contributed by atoms with Crippen LogP contribution in [0.25, 0.3) is 0 Å². The molecule has 134 valence electrons.